The summed E-state index contributed by atoms with van der Waals surface area (Å²) in [5.74, 6) is 1.09. The third-order valence-corrected chi connectivity index (χ3v) is 4.62. The van der Waals surface area contributed by atoms with Crippen molar-refractivity contribution in [2.45, 2.75) is 13.8 Å². The van der Waals surface area contributed by atoms with E-state index in [1.807, 2.05) is 26.1 Å². The van der Waals surface area contributed by atoms with Gasteiger partial charge in [0.1, 0.15) is 11.3 Å². The van der Waals surface area contributed by atoms with Crippen LogP contribution in [0.5, 0.6) is 17.2 Å². The number of hydrogen-bond donors (Lipinski definition) is 1. The van der Waals surface area contributed by atoms with Crippen molar-refractivity contribution in [2.24, 2.45) is 0 Å². The molecule has 0 aliphatic heterocycles. The van der Waals surface area contributed by atoms with E-state index in [2.05, 4.69) is 26.2 Å². The van der Waals surface area contributed by atoms with Gasteiger partial charge in [-0.05, 0) is 41.4 Å². The standard InChI is InChI=1S/C19H20BrN3O4/c1-10-6-12(20)9-23-16(11(2)21-18(10)23)19(24)22-13-7-14(25-3)17(27-5)15(8-13)26-4/h6-9H,1-5H3,(H,22,24). The van der Waals surface area contributed by atoms with Crippen molar-refractivity contribution in [1.82, 2.24) is 9.38 Å². The lowest BCUT2D eigenvalue weighted by molar-refractivity contribution is 0.102. The van der Waals surface area contributed by atoms with Crippen LogP contribution >= 0.6 is 15.9 Å². The van der Waals surface area contributed by atoms with Crippen LogP contribution in [-0.4, -0.2) is 36.6 Å². The summed E-state index contributed by atoms with van der Waals surface area (Å²) < 4.78 is 18.6. The van der Waals surface area contributed by atoms with Crippen molar-refractivity contribution < 1.29 is 19.0 Å². The number of methoxy groups -OCH3 is 3. The lowest BCUT2D eigenvalue weighted by atomic mass is 10.2. The van der Waals surface area contributed by atoms with Gasteiger partial charge < -0.3 is 19.5 Å². The molecule has 0 bridgehead atoms. The highest BCUT2D eigenvalue weighted by molar-refractivity contribution is 9.10. The van der Waals surface area contributed by atoms with Crippen LogP contribution in [0.2, 0.25) is 0 Å². The normalized spacial score (nSPS) is 10.7. The molecular weight excluding hydrogens is 414 g/mol. The Morgan fingerprint density at radius 2 is 1.70 bits per heavy atom. The van der Waals surface area contributed by atoms with Crippen LogP contribution in [0.15, 0.2) is 28.9 Å². The molecule has 27 heavy (non-hydrogen) atoms. The molecule has 7 nitrogen and oxygen atoms in total. The topological polar surface area (TPSA) is 74.1 Å². The number of amides is 1. The van der Waals surface area contributed by atoms with E-state index in [0.29, 0.717) is 34.3 Å². The first-order valence-electron chi connectivity index (χ1n) is 8.15. The number of ether oxygens (including phenoxy) is 3. The third kappa shape index (κ3) is 3.44. The zero-order valence-corrected chi connectivity index (χ0v) is 17.3. The second-order valence-corrected chi connectivity index (χ2v) is 6.86. The van der Waals surface area contributed by atoms with Crippen molar-refractivity contribution in [3.63, 3.8) is 0 Å². The van der Waals surface area contributed by atoms with E-state index < -0.39 is 0 Å². The van der Waals surface area contributed by atoms with Crippen molar-refractivity contribution >= 4 is 33.2 Å². The van der Waals surface area contributed by atoms with E-state index in [9.17, 15) is 4.79 Å². The number of carbonyl (C=O) groups is 1. The molecule has 0 atom stereocenters. The first-order valence-corrected chi connectivity index (χ1v) is 8.95. The number of anilines is 1. The number of aryl methyl sites for hydroxylation is 2. The highest BCUT2D eigenvalue weighted by Crippen LogP contribution is 2.40. The molecule has 0 spiro atoms. The molecule has 0 radical (unpaired) electrons. The molecule has 0 fully saturated rings. The fraction of sp³-hybridized carbons (Fsp3) is 0.263. The molecule has 2 heterocycles. The number of nitrogens with zero attached hydrogens (tertiary/aromatic N) is 2. The number of imidazole rings is 1. The van der Waals surface area contributed by atoms with Crippen molar-refractivity contribution in [3.05, 3.63) is 45.8 Å². The second-order valence-electron chi connectivity index (χ2n) is 5.95. The maximum absolute atomic E-state index is 13.0. The average Bonchev–Trinajstić information content (AvgIpc) is 2.97. The number of hydrogen-bond acceptors (Lipinski definition) is 5. The fourth-order valence-electron chi connectivity index (χ4n) is 3.00. The Kier molecular flexibility index (Phi) is 5.27. The minimum atomic E-state index is -0.285. The number of carbonyl (C=O) groups excluding carboxylic acids is 1. The average molecular weight is 434 g/mol. The van der Waals surface area contributed by atoms with Gasteiger partial charge in [0.05, 0.1) is 27.0 Å². The zero-order valence-electron chi connectivity index (χ0n) is 15.7. The van der Waals surface area contributed by atoms with E-state index in [1.54, 1.807) is 16.5 Å². The van der Waals surface area contributed by atoms with Gasteiger partial charge in [-0.2, -0.15) is 0 Å². The Hall–Kier alpha value is -2.74. The molecule has 0 aliphatic carbocycles. The van der Waals surface area contributed by atoms with Gasteiger partial charge in [0.15, 0.2) is 11.5 Å². The van der Waals surface area contributed by atoms with Crippen molar-refractivity contribution in [1.29, 1.82) is 0 Å². The third-order valence-electron chi connectivity index (χ3n) is 4.18. The quantitative estimate of drug-likeness (QED) is 0.658. The maximum Gasteiger partial charge on any atom is 0.274 e. The first kappa shape index (κ1) is 19.0. The lowest BCUT2D eigenvalue weighted by Crippen LogP contribution is -2.16. The molecule has 3 rings (SSSR count). The molecule has 8 heteroatoms. The van der Waals surface area contributed by atoms with Gasteiger partial charge in [-0.15, -0.1) is 0 Å². The largest absolute Gasteiger partial charge is 0.493 e. The van der Waals surface area contributed by atoms with Gasteiger partial charge in [-0.25, -0.2) is 4.98 Å². The number of pyridine rings is 1. The number of rotatable bonds is 5. The molecular formula is C19H20BrN3O4. The number of fused-ring (bicyclic) bond motifs is 1. The molecule has 1 N–H and O–H groups in total. The van der Waals surface area contributed by atoms with Gasteiger partial charge in [0.25, 0.3) is 5.91 Å². The monoisotopic (exact) mass is 433 g/mol. The van der Waals surface area contributed by atoms with Crippen LogP contribution in [0, 0.1) is 13.8 Å². The summed E-state index contributed by atoms with van der Waals surface area (Å²) in [5, 5.41) is 2.89. The SMILES string of the molecule is COc1cc(NC(=O)c2c(C)nc3c(C)cc(Br)cn23)cc(OC)c1OC. The summed E-state index contributed by atoms with van der Waals surface area (Å²) in [6, 6.07) is 5.32. The van der Waals surface area contributed by atoms with Crippen LogP contribution in [0.1, 0.15) is 21.7 Å². The van der Waals surface area contributed by atoms with Crippen LogP contribution in [0.25, 0.3) is 5.65 Å². The van der Waals surface area contributed by atoms with Gasteiger partial charge in [0.2, 0.25) is 5.75 Å². The first-order chi connectivity index (χ1) is 12.9. The van der Waals surface area contributed by atoms with Gasteiger partial charge in [0, 0.05) is 28.5 Å². The van der Waals surface area contributed by atoms with E-state index in [4.69, 9.17) is 14.2 Å². The lowest BCUT2D eigenvalue weighted by Gasteiger charge is -2.14. The second kappa shape index (κ2) is 7.48. The Morgan fingerprint density at radius 1 is 1.07 bits per heavy atom. The summed E-state index contributed by atoms with van der Waals surface area (Å²) in [6.45, 7) is 3.76. The smallest absolute Gasteiger partial charge is 0.274 e. The highest BCUT2D eigenvalue weighted by atomic mass is 79.9. The molecule has 1 aromatic carbocycles. The van der Waals surface area contributed by atoms with Crippen molar-refractivity contribution in [2.75, 3.05) is 26.6 Å². The van der Waals surface area contributed by atoms with Crippen molar-refractivity contribution in [3.8, 4) is 17.2 Å². The molecule has 0 unspecified atom stereocenters. The van der Waals surface area contributed by atoms with Gasteiger partial charge >= 0.3 is 0 Å². The summed E-state index contributed by atoms with van der Waals surface area (Å²) in [7, 11) is 4.58. The Bertz CT molecular complexity index is 1000. The van der Waals surface area contributed by atoms with E-state index in [1.165, 1.54) is 21.3 Å². The highest BCUT2D eigenvalue weighted by Gasteiger charge is 2.20. The molecule has 2 aromatic heterocycles. The molecule has 0 saturated carbocycles. The summed E-state index contributed by atoms with van der Waals surface area (Å²) >= 11 is 3.47. The molecule has 3 aromatic rings. The molecule has 0 saturated heterocycles. The van der Waals surface area contributed by atoms with Gasteiger partial charge in [-0.1, -0.05) is 0 Å². The Labute approximate surface area is 165 Å². The van der Waals surface area contributed by atoms with E-state index in [-0.39, 0.29) is 5.91 Å². The predicted octanol–water partition coefficient (Wildman–Crippen LogP) is 3.99. The Morgan fingerprint density at radius 3 is 2.26 bits per heavy atom. The number of aromatic nitrogens is 2. The summed E-state index contributed by atoms with van der Waals surface area (Å²) in [6.07, 6.45) is 1.83. The number of halogens is 1. The van der Waals surface area contributed by atoms with E-state index >= 15 is 0 Å². The van der Waals surface area contributed by atoms with Crippen LogP contribution in [0.4, 0.5) is 5.69 Å². The summed E-state index contributed by atoms with van der Waals surface area (Å²) in [5.41, 5.74) is 3.34. The number of nitrogens with one attached hydrogen (secondary N) is 1. The van der Waals surface area contributed by atoms with Crippen LogP contribution in [-0.2, 0) is 0 Å². The fourth-order valence-corrected chi connectivity index (χ4v) is 3.55. The maximum atomic E-state index is 13.0. The van der Waals surface area contributed by atoms with Gasteiger partial charge in [-0.3, -0.25) is 9.20 Å². The molecule has 1 amide bonds. The molecule has 142 valence electrons. The minimum absolute atomic E-state index is 0.285. The molecule has 0 aliphatic rings. The van der Waals surface area contributed by atoms with Crippen LogP contribution < -0.4 is 19.5 Å². The minimum Gasteiger partial charge on any atom is -0.493 e. The van der Waals surface area contributed by atoms with Crippen LogP contribution in [0.3, 0.4) is 0 Å². The number of benzene rings is 1. The van der Waals surface area contributed by atoms with E-state index in [0.717, 1.165) is 15.7 Å². The summed E-state index contributed by atoms with van der Waals surface area (Å²) in [4.78, 5) is 17.5. The zero-order chi connectivity index (χ0) is 19.7. The predicted molar refractivity (Wildman–Crippen MR) is 106 cm³/mol. The Balaban J connectivity index is 2.04.